The molecule has 2 fully saturated rings. The molecular formula is C10H22ClN3O2S. The number of likely N-dealkylation sites (tertiary alicyclic amines) is 1. The van der Waals surface area contributed by atoms with Crippen LogP contribution in [0, 0.1) is 5.92 Å². The van der Waals surface area contributed by atoms with Crippen LogP contribution < -0.4 is 10.5 Å². The zero-order valence-corrected chi connectivity index (χ0v) is 11.6. The van der Waals surface area contributed by atoms with Crippen molar-refractivity contribution in [2.24, 2.45) is 11.1 Å². The summed E-state index contributed by atoms with van der Waals surface area (Å²) in [7, 11) is -3.33. The Kier molecular flexibility index (Phi) is 5.66. The van der Waals surface area contributed by atoms with Crippen molar-refractivity contribution in [1.82, 2.24) is 10.2 Å². The Labute approximate surface area is 110 Å². The Morgan fingerprint density at radius 1 is 1.35 bits per heavy atom. The van der Waals surface area contributed by atoms with Crippen LogP contribution >= 0.6 is 12.4 Å². The molecule has 0 aromatic carbocycles. The average molecular weight is 284 g/mol. The van der Waals surface area contributed by atoms with Gasteiger partial charge in [-0.15, -0.1) is 12.4 Å². The van der Waals surface area contributed by atoms with E-state index >= 15 is 0 Å². The van der Waals surface area contributed by atoms with Crippen LogP contribution in [0.15, 0.2) is 0 Å². The van der Waals surface area contributed by atoms with Crippen molar-refractivity contribution in [3.8, 4) is 0 Å². The van der Waals surface area contributed by atoms with Gasteiger partial charge in [-0.05, 0) is 44.8 Å². The number of nitrogens with two attached hydrogens (primary N) is 1. The Bertz CT molecular complexity index is 330. The summed E-state index contributed by atoms with van der Waals surface area (Å²) in [5.41, 5.74) is 0. The van der Waals surface area contributed by atoms with Crippen LogP contribution in [-0.2, 0) is 10.0 Å². The van der Waals surface area contributed by atoms with E-state index in [0.29, 0.717) is 18.9 Å². The first-order valence-corrected chi connectivity index (χ1v) is 7.61. The first kappa shape index (κ1) is 15.2. The molecule has 3 N–H and O–H groups in total. The van der Waals surface area contributed by atoms with Crippen LogP contribution in [0.2, 0.25) is 0 Å². The third-order valence-corrected chi connectivity index (χ3v) is 4.92. The third kappa shape index (κ3) is 4.37. The van der Waals surface area contributed by atoms with E-state index in [9.17, 15) is 8.42 Å². The number of nitrogens with one attached hydrogen (secondary N) is 1. The summed E-state index contributed by atoms with van der Waals surface area (Å²) in [5, 5.41) is 8.21. The molecule has 0 bridgehead atoms. The van der Waals surface area contributed by atoms with Gasteiger partial charge in [-0.25, -0.2) is 13.6 Å². The van der Waals surface area contributed by atoms with Gasteiger partial charge in [0.05, 0.1) is 5.25 Å². The molecule has 7 heteroatoms. The van der Waals surface area contributed by atoms with Crippen molar-refractivity contribution < 1.29 is 8.42 Å². The van der Waals surface area contributed by atoms with Crippen LogP contribution in [0.25, 0.3) is 0 Å². The largest absolute Gasteiger partial charge is 0.316 e. The highest BCUT2D eigenvalue weighted by Crippen LogP contribution is 2.18. The molecule has 0 aromatic heterocycles. The van der Waals surface area contributed by atoms with E-state index in [1.807, 2.05) is 0 Å². The van der Waals surface area contributed by atoms with E-state index in [0.717, 1.165) is 26.2 Å². The van der Waals surface area contributed by atoms with Crippen molar-refractivity contribution >= 4 is 22.4 Å². The van der Waals surface area contributed by atoms with Crippen molar-refractivity contribution in [1.29, 1.82) is 0 Å². The second kappa shape index (κ2) is 6.33. The Balaban J connectivity index is 0.00000144. The minimum atomic E-state index is -3.33. The predicted octanol–water partition coefficient (Wildman–Crippen LogP) is -0.229. The number of hydrogen-bond donors (Lipinski definition) is 2. The van der Waals surface area contributed by atoms with Gasteiger partial charge in [-0.3, -0.25) is 0 Å². The van der Waals surface area contributed by atoms with Crippen LogP contribution in [0.4, 0.5) is 0 Å². The highest BCUT2D eigenvalue weighted by atomic mass is 35.5. The minimum absolute atomic E-state index is 0. The van der Waals surface area contributed by atoms with Gasteiger partial charge in [-0.1, -0.05) is 0 Å². The van der Waals surface area contributed by atoms with E-state index in [1.165, 1.54) is 12.8 Å². The molecule has 0 amide bonds. The molecule has 2 aliphatic rings. The minimum Gasteiger partial charge on any atom is -0.316 e. The first-order valence-electron chi connectivity index (χ1n) is 6.00. The van der Waals surface area contributed by atoms with Gasteiger partial charge < -0.3 is 10.2 Å². The smallest absolute Gasteiger partial charge is 0.213 e. The lowest BCUT2D eigenvalue weighted by molar-refractivity contribution is 0.244. The van der Waals surface area contributed by atoms with E-state index < -0.39 is 10.0 Å². The predicted molar refractivity (Wildman–Crippen MR) is 70.8 cm³/mol. The molecule has 0 aromatic rings. The monoisotopic (exact) mass is 283 g/mol. The average Bonchev–Trinajstić information content (AvgIpc) is 2.67. The Morgan fingerprint density at radius 3 is 2.65 bits per heavy atom. The summed E-state index contributed by atoms with van der Waals surface area (Å²) in [6, 6.07) is 0. The molecule has 0 radical (unpaired) electrons. The van der Waals surface area contributed by atoms with E-state index in [1.54, 1.807) is 0 Å². The maximum absolute atomic E-state index is 11.2. The molecule has 2 heterocycles. The molecule has 0 aliphatic carbocycles. The van der Waals surface area contributed by atoms with Crippen molar-refractivity contribution in [2.75, 3.05) is 32.7 Å². The fourth-order valence-electron chi connectivity index (χ4n) is 2.68. The zero-order chi connectivity index (χ0) is 11.6. The van der Waals surface area contributed by atoms with E-state index in [4.69, 9.17) is 5.14 Å². The lowest BCUT2D eigenvalue weighted by Gasteiger charge is -2.27. The number of rotatable bonds is 3. The van der Waals surface area contributed by atoms with Crippen LogP contribution in [0.5, 0.6) is 0 Å². The molecule has 2 atom stereocenters. The van der Waals surface area contributed by atoms with E-state index in [2.05, 4.69) is 10.2 Å². The fourth-order valence-corrected chi connectivity index (χ4v) is 3.53. The highest BCUT2D eigenvalue weighted by Gasteiger charge is 2.31. The standard InChI is InChI=1S/C10H21N3O2S.ClH/c11-16(14,15)10-3-5-13(8-10)7-9-2-1-4-12-6-9;/h9-10,12H,1-8H2,(H2,11,14,15);1H. The lowest BCUT2D eigenvalue weighted by Crippen LogP contribution is -2.38. The SMILES string of the molecule is Cl.NS(=O)(=O)C1CCN(CC2CCCNC2)C1. The molecule has 2 unspecified atom stereocenters. The molecule has 17 heavy (non-hydrogen) atoms. The summed E-state index contributed by atoms with van der Waals surface area (Å²) >= 11 is 0. The molecule has 0 saturated carbocycles. The molecule has 5 nitrogen and oxygen atoms in total. The maximum Gasteiger partial charge on any atom is 0.213 e. The van der Waals surface area contributed by atoms with E-state index in [-0.39, 0.29) is 17.7 Å². The van der Waals surface area contributed by atoms with Gasteiger partial charge in [-0.2, -0.15) is 0 Å². The summed E-state index contributed by atoms with van der Waals surface area (Å²) < 4.78 is 22.4. The quantitative estimate of drug-likeness (QED) is 0.750. The first-order chi connectivity index (χ1) is 7.55. The van der Waals surface area contributed by atoms with Crippen molar-refractivity contribution in [2.45, 2.75) is 24.5 Å². The van der Waals surface area contributed by atoms with Crippen molar-refractivity contribution in [3.05, 3.63) is 0 Å². The number of sulfonamides is 1. The van der Waals surface area contributed by atoms with Gasteiger partial charge in [0.15, 0.2) is 0 Å². The Hall–Kier alpha value is 0.120. The molecular weight excluding hydrogens is 262 g/mol. The second-order valence-corrected chi connectivity index (χ2v) is 6.82. The number of halogens is 1. The maximum atomic E-state index is 11.2. The second-order valence-electron chi connectivity index (χ2n) is 4.97. The summed E-state index contributed by atoms with van der Waals surface area (Å²) in [6.07, 6.45) is 3.18. The van der Waals surface area contributed by atoms with Crippen LogP contribution in [-0.4, -0.2) is 51.3 Å². The zero-order valence-electron chi connectivity index (χ0n) is 9.97. The third-order valence-electron chi connectivity index (χ3n) is 3.61. The van der Waals surface area contributed by atoms with Gasteiger partial charge in [0.1, 0.15) is 0 Å². The normalized spacial score (nSPS) is 31.1. The van der Waals surface area contributed by atoms with Crippen LogP contribution in [0.3, 0.4) is 0 Å². The molecule has 2 rings (SSSR count). The molecule has 0 spiro atoms. The van der Waals surface area contributed by atoms with Gasteiger partial charge in [0.2, 0.25) is 10.0 Å². The molecule has 2 aliphatic heterocycles. The number of primary sulfonamides is 1. The van der Waals surface area contributed by atoms with Crippen LogP contribution in [0.1, 0.15) is 19.3 Å². The topological polar surface area (TPSA) is 75.4 Å². The number of piperidine rings is 1. The highest BCUT2D eigenvalue weighted by molar-refractivity contribution is 7.89. The van der Waals surface area contributed by atoms with Gasteiger partial charge in [0, 0.05) is 13.1 Å². The summed E-state index contributed by atoms with van der Waals surface area (Å²) in [6.45, 7) is 4.69. The molecule has 2 saturated heterocycles. The summed E-state index contributed by atoms with van der Waals surface area (Å²) in [4.78, 5) is 2.24. The lowest BCUT2D eigenvalue weighted by atomic mass is 9.99. The Morgan fingerprint density at radius 2 is 2.12 bits per heavy atom. The fraction of sp³-hybridized carbons (Fsp3) is 1.00. The van der Waals surface area contributed by atoms with Gasteiger partial charge >= 0.3 is 0 Å². The van der Waals surface area contributed by atoms with Crippen molar-refractivity contribution in [3.63, 3.8) is 0 Å². The van der Waals surface area contributed by atoms with Gasteiger partial charge in [0.25, 0.3) is 0 Å². The number of hydrogen-bond acceptors (Lipinski definition) is 4. The molecule has 102 valence electrons. The number of nitrogens with zero attached hydrogens (tertiary/aromatic N) is 1. The summed E-state index contributed by atoms with van der Waals surface area (Å²) in [5.74, 6) is 0.674.